The molecule has 5 nitrogen and oxygen atoms in total. The molecule has 1 spiro atoms. The number of rotatable bonds is 3. The predicted molar refractivity (Wildman–Crippen MR) is 112 cm³/mol. The predicted octanol–water partition coefficient (Wildman–Crippen LogP) is 3.42. The van der Waals surface area contributed by atoms with E-state index < -0.39 is 17.3 Å². The number of hydrogen-bond donors (Lipinski definition) is 1. The van der Waals surface area contributed by atoms with Crippen molar-refractivity contribution in [3.05, 3.63) is 59.9 Å². The smallest absolute Gasteiger partial charge is 0.253 e. The number of thioether (sulfide) groups is 1. The molecule has 3 aliphatic rings. The van der Waals surface area contributed by atoms with Crippen LogP contribution in [0.1, 0.15) is 18.9 Å². The Kier molecular flexibility index (Phi) is 4.40. The molecule has 0 saturated carbocycles. The molecular formula is C22H22FN3O2S. The summed E-state index contributed by atoms with van der Waals surface area (Å²) in [5, 5.41) is 2.87. The van der Waals surface area contributed by atoms with E-state index in [0.717, 1.165) is 22.9 Å². The van der Waals surface area contributed by atoms with Gasteiger partial charge in [0.2, 0.25) is 5.91 Å². The zero-order chi connectivity index (χ0) is 20.2. The number of carbonyl (C=O) groups excluding carboxylic acids is 2. The van der Waals surface area contributed by atoms with Gasteiger partial charge in [-0.25, -0.2) is 4.39 Å². The van der Waals surface area contributed by atoms with Gasteiger partial charge in [-0.05, 0) is 37.6 Å². The lowest BCUT2D eigenvalue weighted by atomic mass is 9.79. The quantitative estimate of drug-likeness (QED) is 0.841. The molecule has 0 radical (unpaired) electrons. The van der Waals surface area contributed by atoms with E-state index >= 15 is 0 Å². The van der Waals surface area contributed by atoms with E-state index in [-0.39, 0.29) is 17.9 Å². The lowest BCUT2D eigenvalue weighted by Gasteiger charge is -2.36. The van der Waals surface area contributed by atoms with Gasteiger partial charge < -0.3 is 10.2 Å². The van der Waals surface area contributed by atoms with Gasteiger partial charge in [0.1, 0.15) is 11.4 Å². The zero-order valence-corrected chi connectivity index (χ0v) is 16.9. The maximum absolute atomic E-state index is 13.8. The van der Waals surface area contributed by atoms with Crippen LogP contribution in [0.4, 0.5) is 15.8 Å². The highest BCUT2D eigenvalue weighted by Crippen LogP contribution is 2.57. The highest BCUT2D eigenvalue weighted by Gasteiger charge is 2.67. The van der Waals surface area contributed by atoms with Crippen molar-refractivity contribution in [2.45, 2.75) is 24.9 Å². The van der Waals surface area contributed by atoms with Crippen LogP contribution < -0.4 is 10.2 Å². The first-order chi connectivity index (χ1) is 14.1. The highest BCUT2D eigenvalue weighted by atomic mass is 32.2. The second-order valence-corrected chi connectivity index (χ2v) is 8.74. The normalized spacial score (nSPS) is 28.1. The van der Waals surface area contributed by atoms with Crippen LogP contribution in [0.2, 0.25) is 0 Å². The molecule has 0 bridgehead atoms. The number of nitrogens with one attached hydrogen (secondary N) is 1. The van der Waals surface area contributed by atoms with E-state index in [9.17, 15) is 14.0 Å². The minimum atomic E-state index is -0.988. The van der Waals surface area contributed by atoms with E-state index in [1.807, 2.05) is 31.2 Å². The summed E-state index contributed by atoms with van der Waals surface area (Å²) in [4.78, 5) is 31.3. The topological polar surface area (TPSA) is 52.7 Å². The van der Waals surface area contributed by atoms with E-state index in [2.05, 4.69) is 10.2 Å². The molecule has 0 unspecified atom stereocenters. The molecule has 3 aliphatic heterocycles. The van der Waals surface area contributed by atoms with Crippen LogP contribution in [-0.2, 0) is 15.1 Å². The van der Waals surface area contributed by atoms with Crippen LogP contribution in [-0.4, -0.2) is 40.9 Å². The number of anilines is 2. The van der Waals surface area contributed by atoms with Gasteiger partial charge in [-0.2, -0.15) is 0 Å². The standard InChI is InChI=1S/C22H22FN3O2S/c1-2-25-19-9-4-3-8-17(19)22(21(25)28)18(11-16-12-29-13-26(16)22)20(27)24-15-7-5-6-14(23)10-15/h3-10,16,18H,2,11-13H2,1H3,(H,24,27)/t16-,18-,22-/m0/s1. The van der Waals surface area contributed by atoms with Crippen molar-refractivity contribution >= 4 is 35.0 Å². The zero-order valence-electron chi connectivity index (χ0n) is 16.1. The van der Waals surface area contributed by atoms with E-state index in [1.165, 1.54) is 12.1 Å². The molecule has 2 amide bonds. The molecule has 1 N–H and O–H groups in total. The Morgan fingerprint density at radius 1 is 1.28 bits per heavy atom. The summed E-state index contributed by atoms with van der Waals surface area (Å²) in [6.45, 7) is 2.52. The van der Waals surface area contributed by atoms with Gasteiger partial charge in [0.25, 0.3) is 5.91 Å². The van der Waals surface area contributed by atoms with Gasteiger partial charge in [-0.3, -0.25) is 14.5 Å². The summed E-state index contributed by atoms with van der Waals surface area (Å²) >= 11 is 1.81. The number of hydrogen-bond acceptors (Lipinski definition) is 4. The van der Waals surface area contributed by atoms with Crippen molar-refractivity contribution in [3.8, 4) is 0 Å². The molecule has 0 aromatic heterocycles. The van der Waals surface area contributed by atoms with Gasteiger partial charge in [-0.15, -0.1) is 11.8 Å². The summed E-state index contributed by atoms with van der Waals surface area (Å²) in [6.07, 6.45) is 0.617. The first-order valence-corrected chi connectivity index (χ1v) is 11.0. The molecule has 5 rings (SSSR count). The number of amides is 2. The van der Waals surface area contributed by atoms with Crippen molar-refractivity contribution in [1.29, 1.82) is 0 Å². The second kappa shape index (κ2) is 6.85. The lowest BCUT2D eigenvalue weighted by molar-refractivity contribution is -0.136. The molecule has 29 heavy (non-hydrogen) atoms. The van der Waals surface area contributed by atoms with Crippen molar-refractivity contribution in [3.63, 3.8) is 0 Å². The Hall–Kier alpha value is -2.38. The number of nitrogens with zero attached hydrogens (tertiary/aromatic N) is 2. The first kappa shape index (κ1) is 18.6. The number of carbonyl (C=O) groups is 2. The van der Waals surface area contributed by atoms with Crippen LogP contribution in [0, 0.1) is 11.7 Å². The van der Waals surface area contributed by atoms with Gasteiger partial charge in [0.05, 0.1) is 5.92 Å². The molecule has 2 aromatic carbocycles. The third-order valence-electron chi connectivity index (χ3n) is 6.35. The maximum Gasteiger partial charge on any atom is 0.253 e. The fraction of sp³-hybridized carbons (Fsp3) is 0.364. The minimum Gasteiger partial charge on any atom is -0.326 e. The number of likely N-dealkylation sites (N-methyl/N-ethyl adjacent to an activating group) is 1. The fourth-order valence-corrected chi connectivity index (χ4v) is 6.50. The summed E-state index contributed by atoms with van der Waals surface area (Å²) in [5.74, 6) is 0.461. The van der Waals surface area contributed by atoms with Crippen molar-refractivity contribution < 1.29 is 14.0 Å². The van der Waals surface area contributed by atoms with Crippen molar-refractivity contribution in [1.82, 2.24) is 4.90 Å². The fourth-order valence-electron chi connectivity index (χ4n) is 5.19. The SMILES string of the molecule is CCN1C(=O)[C@]2(c3ccccc31)[C@H](C(=O)Nc1cccc(F)c1)C[C@H]1CSCN12. The van der Waals surface area contributed by atoms with Gasteiger partial charge in [0.15, 0.2) is 0 Å². The molecule has 150 valence electrons. The monoisotopic (exact) mass is 411 g/mol. The first-order valence-electron chi connectivity index (χ1n) is 9.89. The lowest BCUT2D eigenvalue weighted by Crippen LogP contribution is -2.55. The summed E-state index contributed by atoms with van der Waals surface area (Å²) < 4.78 is 13.6. The average molecular weight is 412 g/mol. The van der Waals surface area contributed by atoms with Crippen molar-refractivity contribution in [2.75, 3.05) is 28.4 Å². The second-order valence-electron chi connectivity index (χ2n) is 7.74. The summed E-state index contributed by atoms with van der Waals surface area (Å²) in [6, 6.07) is 13.9. The molecule has 2 fully saturated rings. The van der Waals surface area contributed by atoms with Gasteiger partial charge in [-0.1, -0.05) is 24.3 Å². The third-order valence-corrected chi connectivity index (χ3v) is 7.43. The molecular weight excluding hydrogens is 389 g/mol. The molecule has 0 aliphatic carbocycles. The number of halogens is 1. The Morgan fingerprint density at radius 3 is 2.90 bits per heavy atom. The van der Waals surface area contributed by atoms with Crippen LogP contribution >= 0.6 is 11.8 Å². The third kappa shape index (κ3) is 2.57. The summed E-state index contributed by atoms with van der Waals surface area (Å²) in [5.41, 5.74) is 1.23. The molecule has 3 heterocycles. The van der Waals surface area contributed by atoms with E-state index in [1.54, 1.807) is 28.8 Å². The molecule has 7 heteroatoms. The van der Waals surface area contributed by atoms with Crippen LogP contribution in [0.25, 0.3) is 0 Å². The van der Waals surface area contributed by atoms with Gasteiger partial charge >= 0.3 is 0 Å². The van der Waals surface area contributed by atoms with Crippen LogP contribution in [0.3, 0.4) is 0 Å². The van der Waals surface area contributed by atoms with E-state index in [4.69, 9.17) is 0 Å². The Bertz CT molecular complexity index is 1000. The van der Waals surface area contributed by atoms with Crippen molar-refractivity contribution in [2.24, 2.45) is 5.92 Å². The molecule has 3 atom stereocenters. The number of benzene rings is 2. The number of para-hydroxylation sites is 1. The Morgan fingerprint density at radius 2 is 2.10 bits per heavy atom. The average Bonchev–Trinajstić information content (AvgIpc) is 3.35. The molecule has 2 aromatic rings. The van der Waals surface area contributed by atoms with E-state index in [0.29, 0.717) is 18.7 Å². The maximum atomic E-state index is 13.8. The number of fused-ring (bicyclic) bond motifs is 4. The van der Waals surface area contributed by atoms with Crippen LogP contribution in [0.15, 0.2) is 48.5 Å². The summed E-state index contributed by atoms with van der Waals surface area (Å²) in [7, 11) is 0. The minimum absolute atomic E-state index is 0.0226. The Labute approximate surface area is 173 Å². The molecule has 2 saturated heterocycles. The Balaban J connectivity index is 1.61. The van der Waals surface area contributed by atoms with Crippen LogP contribution in [0.5, 0.6) is 0 Å². The van der Waals surface area contributed by atoms with Gasteiger partial charge in [0, 0.05) is 41.2 Å². The largest absolute Gasteiger partial charge is 0.326 e. The highest BCUT2D eigenvalue weighted by molar-refractivity contribution is 7.99.